The Kier molecular flexibility index (Phi) is 10.7. The minimum absolute atomic E-state index is 0.0167. The number of hydrogen-bond donors (Lipinski definition) is 1. The van der Waals surface area contributed by atoms with Crippen LogP contribution in [-0.2, 0) is 30.5 Å². The van der Waals surface area contributed by atoms with Crippen molar-refractivity contribution in [3.63, 3.8) is 0 Å². The van der Waals surface area contributed by atoms with Crippen molar-refractivity contribution in [1.82, 2.24) is 0 Å². The highest BCUT2D eigenvalue weighted by Crippen LogP contribution is 2.35. The fourth-order valence-electron chi connectivity index (χ4n) is 5.01. The molecule has 0 unspecified atom stereocenters. The smallest absolute Gasteiger partial charge is 0.338 e. The lowest BCUT2D eigenvalue weighted by atomic mass is 9.94. The van der Waals surface area contributed by atoms with Crippen LogP contribution in [0.3, 0.4) is 0 Å². The van der Waals surface area contributed by atoms with Crippen molar-refractivity contribution in [1.29, 1.82) is 0 Å². The molecule has 0 radical (unpaired) electrons. The Balaban J connectivity index is 1.50. The van der Waals surface area contributed by atoms with E-state index in [0.29, 0.717) is 17.5 Å². The summed E-state index contributed by atoms with van der Waals surface area (Å²) in [6, 6.07) is 23.5. The molecule has 4 rings (SSSR count). The number of rotatable bonds is 13. The van der Waals surface area contributed by atoms with E-state index in [0.717, 1.165) is 12.0 Å². The third kappa shape index (κ3) is 7.94. The van der Waals surface area contributed by atoms with Gasteiger partial charge in [-0.25, -0.2) is 18.0 Å². The Morgan fingerprint density at radius 3 is 2.10 bits per heavy atom. The summed E-state index contributed by atoms with van der Waals surface area (Å²) in [5, 5.41) is 11.3. The van der Waals surface area contributed by atoms with E-state index < -0.39 is 52.1 Å². The van der Waals surface area contributed by atoms with Gasteiger partial charge in [0, 0.05) is 12.3 Å². The number of ether oxygens (including phenoxy) is 3. The zero-order valence-electron chi connectivity index (χ0n) is 23.5. The summed E-state index contributed by atoms with van der Waals surface area (Å²) >= 11 is 0. The maximum atomic E-state index is 13.3. The molecule has 5 atom stereocenters. The summed E-state index contributed by atoms with van der Waals surface area (Å²) in [6.07, 6.45) is -0.934. The van der Waals surface area contributed by atoms with Crippen molar-refractivity contribution >= 4 is 21.8 Å². The molecule has 1 saturated heterocycles. The lowest BCUT2D eigenvalue weighted by molar-refractivity contribution is -0.0449. The molecule has 0 saturated carbocycles. The van der Waals surface area contributed by atoms with E-state index in [2.05, 4.69) is 6.58 Å². The van der Waals surface area contributed by atoms with E-state index in [1.807, 2.05) is 6.92 Å². The number of benzene rings is 3. The second-order valence-corrected chi connectivity index (χ2v) is 12.3. The molecule has 1 N–H and O–H groups in total. The number of hydrogen-bond acceptors (Lipinski definition) is 8. The quantitative estimate of drug-likeness (QED) is 0.222. The van der Waals surface area contributed by atoms with Crippen LogP contribution in [0.15, 0.2) is 102 Å². The van der Waals surface area contributed by atoms with Gasteiger partial charge in [0.05, 0.1) is 40.1 Å². The van der Waals surface area contributed by atoms with Crippen LogP contribution in [0.2, 0.25) is 0 Å². The van der Waals surface area contributed by atoms with Crippen LogP contribution in [0, 0.1) is 5.92 Å². The monoisotopic (exact) mass is 592 g/mol. The average molecular weight is 593 g/mol. The number of aliphatic hydroxyl groups excluding tert-OH is 1. The van der Waals surface area contributed by atoms with Gasteiger partial charge in [0.15, 0.2) is 9.84 Å². The first-order valence-corrected chi connectivity index (χ1v) is 15.6. The van der Waals surface area contributed by atoms with Gasteiger partial charge in [-0.2, -0.15) is 0 Å². The first-order valence-electron chi connectivity index (χ1n) is 14.0. The van der Waals surface area contributed by atoms with Gasteiger partial charge in [0.1, 0.15) is 12.7 Å². The molecule has 1 aliphatic heterocycles. The minimum Gasteiger partial charge on any atom is -0.458 e. The molecular formula is C33H36O8S. The van der Waals surface area contributed by atoms with E-state index in [9.17, 15) is 23.1 Å². The van der Waals surface area contributed by atoms with E-state index in [1.165, 1.54) is 0 Å². The maximum absolute atomic E-state index is 13.3. The Hall–Kier alpha value is -3.79. The summed E-state index contributed by atoms with van der Waals surface area (Å²) in [5.41, 5.74) is 1.67. The molecule has 8 nitrogen and oxygen atoms in total. The van der Waals surface area contributed by atoms with Crippen LogP contribution in [0.5, 0.6) is 0 Å². The molecule has 3 aromatic carbocycles. The largest absolute Gasteiger partial charge is 0.458 e. The van der Waals surface area contributed by atoms with E-state index in [1.54, 1.807) is 91.0 Å². The second kappa shape index (κ2) is 14.4. The van der Waals surface area contributed by atoms with Gasteiger partial charge in [0.2, 0.25) is 0 Å². The summed E-state index contributed by atoms with van der Waals surface area (Å²) < 4.78 is 43.9. The standard InChI is InChI=1S/C33H36O8S/c1-3-11-29-28(22-42(37,38)27-18-16-23(4-2)17-19-27)31(34)30(41-29)20-26(40-33(36)25-14-9-6-10-15-25)21-39-32(35)24-12-7-5-8-13-24/h3,5-10,12-19,26,28-31,34H,1,4,11,20-22H2,2H3/t26-,28-,29-,30+,31+/m0/s1. The van der Waals surface area contributed by atoms with Crippen LogP contribution < -0.4 is 0 Å². The van der Waals surface area contributed by atoms with Crippen LogP contribution in [0.1, 0.15) is 46.0 Å². The van der Waals surface area contributed by atoms with Gasteiger partial charge in [-0.15, -0.1) is 6.58 Å². The van der Waals surface area contributed by atoms with E-state index >= 15 is 0 Å². The maximum Gasteiger partial charge on any atom is 0.338 e. The molecule has 0 bridgehead atoms. The second-order valence-electron chi connectivity index (χ2n) is 10.3. The van der Waals surface area contributed by atoms with E-state index in [4.69, 9.17) is 14.2 Å². The lowest BCUT2D eigenvalue weighted by Crippen LogP contribution is -2.36. The van der Waals surface area contributed by atoms with Crippen LogP contribution in [0.25, 0.3) is 0 Å². The number of esters is 2. The normalized spacial score (nSPS) is 20.9. The van der Waals surface area contributed by atoms with Gasteiger partial charge in [-0.1, -0.05) is 61.5 Å². The molecule has 222 valence electrons. The highest BCUT2D eigenvalue weighted by molar-refractivity contribution is 7.91. The SMILES string of the molecule is C=CC[C@@H]1O[C@H](C[C@@H](COC(=O)c2ccccc2)OC(=O)c2ccccc2)[C@H](O)[C@H]1CS(=O)(=O)c1ccc(CC)cc1. The minimum atomic E-state index is -3.74. The summed E-state index contributed by atoms with van der Waals surface area (Å²) in [7, 11) is -3.74. The molecule has 3 aromatic rings. The molecule has 42 heavy (non-hydrogen) atoms. The molecule has 0 spiro atoms. The van der Waals surface area contributed by atoms with Crippen molar-refractivity contribution < 1.29 is 37.3 Å². The molecule has 1 aliphatic rings. The molecule has 0 aliphatic carbocycles. The fraction of sp³-hybridized carbons (Fsp3) is 0.333. The van der Waals surface area contributed by atoms with Gasteiger partial charge in [0.25, 0.3) is 0 Å². The van der Waals surface area contributed by atoms with Crippen molar-refractivity contribution in [2.45, 2.75) is 55.5 Å². The molecule has 0 amide bonds. The van der Waals surface area contributed by atoms with Crippen molar-refractivity contribution in [3.8, 4) is 0 Å². The summed E-state index contributed by atoms with van der Waals surface area (Å²) in [5.74, 6) is -2.29. The zero-order valence-corrected chi connectivity index (χ0v) is 24.3. The molecule has 1 fully saturated rings. The first-order chi connectivity index (χ1) is 20.2. The van der Waals surface area contributed by atoms with Gasteiger partial charge >= 0.3 is 11.9 Å². The van der Waals surface area contributed by atoms with Gasteiger partial charge in [-0.3, -0.25) is 0 Å². The van der Waals surface area contributed by atoms with Gasteiger partial charge in [-0.05, 0) is 54.8 Å². The molecular weight excluding hydrogens is 556 g/mol. The molecule has 0 aromatic heterocycles. The Morgan fingerprint density at radius 1 is 0.929 bits per heavy atom. The van der Waals surface area contributed by atoms with Crippen LogP contribution >= 0.6 is 0 Å². The summed E-state index contributed by atoms with van der Waals surface area (Å²) in [4.78, 5) is 25.7. The average Bonchev–Trinajstić information content (AvgIpc) is 3.29. The van der Waals surface area contributed by atoms with Crippen molar-refractivity contribution in [2.75, 3.05) is 12.4 Å². The highest BCUT2D eigenvalue weighted by atomic mass is 32.2. The highest BCUT2D eigenvalue weighted by Gasteiger charge is 2.46. The van der Waals surface area contributed by atoms with Crippen molar-refractivity contribution in [3.05, 3.63) is 114 Å². The lowest BCUT2D eigenvalue weighted by Gasteiger charge is -2.23. The topological polar surface area (TPSA) is 116 Å². The van der Waals surface area contributed by atoms with Crippen LogP contribution in [0.4, 0.5) is 0 Å². The Bertz CT molecular complexity index is 1440. The number of sulfone groups is 1. The third-order valence-electron chi connectivity index (χ3n) is 7.34. The Morgan fingerprint density at radius 2 is 1.52 bits per heavy atom. The van der Waals surface area contributed by atoms with E-state index in [-0.39, 0.29) is 23.7 Å². The number of carbonyl (C=O) groups excluding carboxylic acids is 2. The first kappa shape index (κ1) is 31.2. The van der Waals surface area contributed by atoms with Gasteiger partial charge < -0.3 is 19.3 Å². The third-order valence-corrected chi connectivity index (χ3v) is 9.15. The van der Waals surface area contributed by atoms with Crippen molar-refractivity contribution in [2.24, 2.45) is 5.92 Å². The predicted molar refractivity (Wildman–Crippen MR) is 158 cm³/mol. The molecule has 9 heteroatoms. The number of carbonyl (C=O) groups is 2. The zero-order chi connectivity index (χ0) is 30.1. The molecule has 1 heterocycles. The predicted octanol–water partition coefficient (Wildman–Crippen LogP) is 4.82. The number of aliphatic hydroxyl groups is 1. The van der Waals surface area contributed by atoms with Crippen LogP contribution in [-0.4, -0.2) is 62.2 Å². The number of aryl methyl sites for hydroxylation is 1. The fourth-order valence-corrected chi connectivity index (χ4v) is 6.67. The summed E-state index contributed by atoms with van der Waals surface area (Å²) in [6.45, 7) is 5.46. The Labute approximate surface area is 246 Å².